The summed E-state index contributed by atoms with van der Waals surface area (Å²) in [6, 6.07) is 1.99. The van der Waals surface area contributed by atoms with Crippen LogP contribution in [0.15, 0.2) is 6.07 Å². The van der Waals surface area contributed by atoms with Crippen LogP contribution in [0.4, 0.5) is 5.82 Å². The second kappa shape index (κ2) is 5.79. The van der Waals surface area contributed by atoms with Gasteiger partial charge in [-0.25, -0.2) is 4.98 Å². The zero-order valence-corrected chi connectivity index (χ0v) is 12.5. The number of nitrogens with two attached hydrogens (primary N) is 1. The van der Waals surface area contributed by atoms with Crippen molar-refractivity contribution in [3.63, 3.8) is 0 Å². The number of aryl methyl sites for hydroxylation is 2. The van der Waals surface area contributed by atoms with Crippen LogP contribution in [-0.4, -0.2) is 35.1 Å². The van der Waals surface area contributed by atoms with Crippen LogP contribution in [0, 0.1) is 19.3 Å². The minimum atomic E-state index is -0.337. The normalized spacial score (nSPS) is 22.6. The molecule has 0 aromatic carbocycles. The molecule has 4 N–H and O–H groups in total. The van der Waals surface area contributed by atoms with E-state index in [1.165, 1.54) is 0 Å². The highest BCUT2D eigenvalue weighted by Gasteiger charge is 2.29. The second-order valence-corrected chi connectivity index (χ2v) is 5.72. The summed E-state index contributed by atoms with van der Waals surface area (Å²) in [7, 11) is 1.94. The number of hydrogen-bond acceptors (Lipinski definition) is 4. The molecule has 1 heterocycles. The molecule has 0 spiro atoms. The van der Waals surface area contributed by atoms with Crippen molar-refractivity contribution in [1.29, 1.82) is 5.41 Å². The lowest BCUT2D eigenvalue weighted by Crippen LogP contribution is -2.44. The molecule has 0 radical (unpaired) electrons. The van der Waals surface area contributed by atoms with Crippen LogP contribution >= 0.6 is 0 Å². The van der Waals surface area contributed by atoms with E-state index in [9.17, 15) is 5.11 Å². The van der Waals surface area contributed by atoms with Crippen molar-refractivity contribution in [2.75, 3.05) is 11.9 Å². The number of hydrogen-bond donors (Lipinski definition) is 3. The quantitative estimate of drug-likeness (QED) is 0.579. The van der Waals surface area contributed by atoms with E-state index in [0.717, 1.165) is 36.9 Å². The Bertz CT molecular complexity index is 515. The number of amidine groups is 1. The number of likely N-dealkylation sites (N-methyl/N-ethyl adjacent to an activating group) is 1. The molecule has 1 aliphatic rings. The van der Waals surface area contributed by atoms with Gasteiger partial charge in [-0.2, -0.15) is 0 Å². The molecule has 1 aromatic rings. The second-order valence-electron chi connectivity index (χ2n) is 5.72. The van der Waals surface area contributed by atoms with E-state index in [0.29, 0.717) is 11.4 Å². The van der Waals surface area contributed by atoms with Gasteiger partial charge in [0.15, 0.2) is 0 Å². The zero-order chi connectivity index (χ0) is 14.9. The topological polar surface area (TPSA) is 86.2 Å². The highest BCUT2D eigenvalue weighted by atomic mass is 16.3. The highest BCUT2D eigenvalue weighted by Crippen LogP contribution is 2.29. The third-order valence-electron chi connectivity index (χ3n) is 4.12. The SMILES string of the molecule is Cc1cc(C)c(C(=N)N)c(N(C)C2CCCCC2O)n1. The summed E-state index contributed by atoms with van der Waals surface area (Å²) in [5.74, 6) is 0.739. The van der Waals surface area contributed by atoms with E-state index in [1.54, 1.807) is 0 Å². The monoisotopic (exact) mass is 276 g/mol. The molecule has 1 aliphatic carbocycles. The van der Waals surface area contributed by atoms with Gasteiger partial charge in [0.2, 0.25) is 0 Å². The van der Waals surface area contributed by atoms with Gasteiger partial charge in [-0.15, -0.1) is 0 Å². The fourth-order valence-electron chi connectivity index (χ4n) is 3.11. The summed E-state index contributed by atoms with van der Waals surface area (Å²) >= 11 is 0. The van der Waals surface area contributed by atoms with E-state index in [2.05, 4.69) is 4.98 Å². The number of aromatic nitrogens is 1. The maximum atomic E-state index is 10.2. The molecule has 0 aliphatic heterocycles. The molecule has 5 heteroatoms. The van der Waals surface area contributed by atoms with Crippen molar-refractivity contribution in [2.24, 2.45) is 5.73 Å². The van der Waals surface area contributed by atoms with E-state index in [4.69, 9.17) is 11.1 Å². The van der Waals surface area contributed by atoms with Gasteiger partial charge in [-0.3, -0.25) is 5.41 Å². The minimum absolute atomic E-state index is 0.0298. The number of anilines is 1. The summed E-state index contributed by atoms with van der Waals surface area (Å²) in [6.45, 7) is 3.88. The summed E-state index contributed by atoms with van der Waals surface area (Å²) in [6.07, 6.45) is 3.63. The van der Waals surface area contributed by atoms with Gasteiger partial charge >= 0.3 is 0 Å². The number of nitrogen functional groups attached to an aromatic ring is 1. The van der Waals surface area contributed by atoms with E-state index >= 15 is 0 Å². The van der Waals surface area contributed by atoms with Crippen LogP contribution in [-0.2, 0) is 0 Å². The van der Waals surface area contributed by atoms with Crippen molar-refractivity contribution in [2.45, 2.75) is 51.7 Å². The van der Waals surface area contributed by atoms with Crippen molar-refractivity contribution in [3.8, 4) is 0 Å². The third-order valence-corrected chi connectivity index (χ3v) is 4.12. The number of aliphatic hydroxyl groups excluding tert-OH is 1. The first-order valence-electron chi connectivity index (χ1n) is 7.15. The minimum Gasteiger partial charge on any atom is -0.391 e. The molecule has 5 nitrogen and oxygen atoms in total. The highest BCUT2D eigenvalue weighted by molar-refractivity contribution is 6.01. The van der Waals surface area contributed by atoms with Crippen LogP contribution in [0.5, 0.6) is 0 Å². The van der Waals surface area contributed by atoms with Gasteiger partial charge in [0.1, 0.15) is 11.7 Å². The number of pyridine rings is 1. The fourth-order valence-corrected chi connectivity index (χ4v) is 3.11. The molecule has 110 valence electrons. The van der Waals surface area contributed by atoms with Gasteiger partial charge in [0.05, 0.1) is 17.7 Å². The Kier molecular flexibility index (Phi) is 4.28. The molecule has 1 aromatic heterocycles. The van der Waals surface area contributed by atoms with E-state index in [-0.39, 0.29) is 18.0 Å². The Morgan fingerprint density at radius 1 is 1.40 bits per heavy atom. The number of nitrogens with zero attached hydrogens (tertiary/aromatic N) is 2. The Morgan fingerprint density at radius 3 is 2.65 bits per heavy atom. The molecular formula is C15H24N4O. The molecule has 1 saturated carbocycles. The first kappa shape index (κ1) is 14.8. The average Bonchev–Trinajstić information content (AvgIpc) is 2.37. The maximum Gasteiger partial charge on any atom is 0.140 e. The standard InChI is InChI=1S/C15H24N4O/c1-9-8-10(2)18-15(13(9)14(16)17)19(3)11-6-4-5-7-12(11)20/h8,11-12,20H,4-7H2,1-3H3,(H3,16,17). The maximum absolute atomic E-state index is 10.2. The fraction of sp³-hybridized carbons (Fsp3) is 0.600. The lowest BCUT2D eigenvalue weighted by molar-refractivity contribution is 0.106. The molecule has 0 amide bonds. The van der Waals surface area contributed by atoms with Gasteiger partial charge in [0, 0.05) is 12.7 Å². The summed E-state index contributed by atoms with van der Waals surface area (Å²) in [5.41, 5.74) is 8.26. The number of aliphatic hydroxyl groups is 1. The molecule has 1 fully saturated rings. The summed E-state index contributed by atoms with van der Waals surface area (Å²) < 4.78 is 0. The lowest BCUT2D eigenvalue weighted by atomic mass is 9.91. The Labute approximate surface area is 120 Å². The van der Waals surface area contributed by atoms with E-state index < -0.39 is 0 Å². The predicted molar refractivity (Wildman–Crippen MR) is 81.4 cm³/mol. The molecular weight excluding hydrogens is 252 g/mol. The first-order chi connectivity index (χ1) is 9.41. The molecule has 0 bridgehead atoms. The largest absolute Gasteiger partial charge is 0.391 e. The Morgan fingerprint density at radius 2 is 2.05 bits per heavy atom. The van der Waals surface area contributed by atoms with Crippen molar-refractivity contribution in [3.05, 3.63) is 22.9 Å². The van der Waals surface area contributed by atoms with Crippen molar-refractivity contribution >= 4 is 11.7 Å². The van der Waals surface area contributed by atoms with Crippen LogP contribution in [0.25, 0.3) is 0 Å². The lowest BCUT2D eigenvalue weighted by Gasteiger charge is -2.37. The Hall–Kier alpha value is -1.62. The van der Waals surface area contributed by atoms with Crippen LogP contribution in [0.1, 0.15) is 42.5 Å². The summed E-state index contributed by atoms with van der Waals surface area (Å²) in [5, 5.41) is 18.0. The smallest absolute Gasteiger partial charge is 0.140 e. The average molecular weight is 276 g/mol. The molecule has 2 rings (SSSR count). The van der Waals surface area contributed by atoms with Crippen LogP contribution in [0.3, 0.4) is 0 Å². The van der Waals surface area contributed by atoms with Gasteiger partial charge in [-0.05, 0) is 38.3 Å². The first-order valence-corrected chi connectivity index (χ1v) is 7.15. The van der Waals surface area contributed by atoms with Gasteiger partial charge < -0.3 is 15.7 Å². The molecule has 0 saturated heterocycles. The zero-order valence-electron chi connectivity index (χ0n) is 12.5. The van der Waals surface area contributed by atoms with Crippen LogP contribution in [0.2, 0.25) is 0 Å². The van der Waals surface area contributed by atoms with Crippen molar-refractivity contribution < 1.29 is 5.11 Å². The van der Waals surface area contributed by atoms with Gasteiger partial charge in [-0.1, -0.05) is 12.8 Å². The molecule has 2 atom stereocenters. The van der Waals surface area contributed by atoms with Gasteiger partial charge in [0.25, 0.3) is 0 Å². The molecule has 20 heavy (non-hydrogen) atoms. The third kappa shape index (κ3) is 2.77. The predicted octanol–water partition coefficient (Wildman–Crippen LogP) is 1.72. The van der Waals surface area contributed by atoms with Crippen LogP contribution < -0.4 is 10.6 Å². The molecule has 2 unspecified atom stereocenters. The summed E-state index contributed by atoms with van der Waals surface area (Å²) in [4.78, 5) is 6.56. The van der Waals surface area contributed by atoms with Crippen molar-refractivity contribution in [1.82, 2.24) is 4.98 Å². The number of rotatable bonds is 3. The Balaban J connectivity index is 2.42. The number of nitrogens with one attached hydrogen (secondary N) is 1. The van der Waals surface area contributed by atoms with E-state index in [1.807, 2.05) is 31.9 Å².